The molecule has 1 N–H and O–H groups in total. The van der Waals surface area contributed by atoms with E-state index in [9.17, 15) is 14.0 Å². The minimum absolute atomic E-state index is 0.182. The van der Waals surface area contributed by atoms with E-state index in [4.69, 9.17) is 4.74 Å². The van der Waals surface area contributed by atoms with Crippen molar-refractivity contribution < 1.29 is 18.7 Å². The molecule has 1 fully saturated rings. The zero-order chi connectivity index (χ0) is 14.5. The molecule has 0 radical (unpaired) electrons. The Balaban J connectivity index is 1.71. The van der Waals surface area contributed by atoms with Crippen molar-refractivity contribution in [2.75, 3.05) is 20.1 Å². The second-order valence-electron chi connectivity index (χ2n) is 4.78. The highest BCUT2D eigenvalue weighted by molar-refractivity contribution is 5.76. The number of likely N-dealkylation sites (N-methyl/N-ethyl adjacent to an activating group) is 1. The summed E-state index contributed by atoms with van der Waals surface area (Å²) in [6.45, 7) is 0.749. The molecule has 2 rings (SSSR count). The van der Waals surface area contributed by atoms with Gasteiger partial charge in [-0.25, -0.2) is 9.18 Å². The average molecular weight is 280 g/mol. The first kappa shape index (κ1) is 14.3. The summed E-state index contributed by atoms with van der Waals surface area (Å²) in [5.74, 6) is -0.481. The molecule has 1 heterocycles. The van der Waals surface area contributed by atoms with Gasteiger partial charge in [-0.1, -0.05) is 18.2 Å². The fraction of sp³-hybridized carbons (Fsp3) is 0.429. The maximum absolute atomic E-state index is 13.4. The normalized spacial score (nSPS) is 18.0. The largest absolute Gasteiger partial charge is 0.442 e. The van der Waals surface area contributed by atoms with Crippen LogP contribution in [0.1, 0.15) is 12.0 Å². The van der Waals surface area contributed by atoms with Gasteiger partial charge in [-0.2, -0.15) is 0 Å². The van der Waals surface area contributed by atoms with Crippen LogP contribution >= 0.6 is 0 Å². The highest BCUT2D eigenvalue weighted by atomic mass is 19.1. The van der Waals surface area contributed by atoms with Crippen molar-refractivity contribution in [1.82, 2.24) is 10.2 Å². The predicted molar refractivity (Wildman–Crippen MR) is 70.6 cm³/mol. The lowest BCUT2D eigenvalue weighted by Gasteiger charge is -2.10. The molecule has 1 unspecified atom stereocenters. The number of rotatable bonds is 5. The fourth-order valence-corrected chi connectivity index (χ4v) is 2.02. The molecule has 108 valence electrons. The Hall–Kier alpha value is -2.11. The first-order valence-electron chi connectivity index (χ1n) is 6.48. The topological polar surface area (TPSA) is 58.6 Å². The van der Waals surface area contributed by atoms with Crippen LogP contribution in [0.4, 0.5) is 9.18 Å². The Morgan fingerprint density at radius 3 is 2.90 bits per heavy atom. The molecule has 0 aromatic heterocycles. The third-order valence-corrected chi connectivity index (χ3v) is 3.16. The number of aryl methyl sites for hydroxylation is 1. The van der Waals surface area contributed by atoms with Gasteiger partial charge in [0.05, 0.1) is 13.1 Å². The maximum Gasteiger partial charge on any atom is 0.410 e. The van der Waals surface area contributed by atoms with Gasteiger partial charge in [0.15, 0.2) is 0 Å². The molecule has 0 spiro atoms. The molecule has 0 saturated carbocycles. The molecule has 1 saturated heterocycles. The van der Waals surface area contributed by atoms with Crippen molar-refractivity contribution in [1.29, 1.82) is 0 Å². The Labute approximate surface area is 116 Å². The summed E-state index contributed by atoms with van der Waals surface area (Å²) in [6.07, 6.45) is -0.138. The molecule has 6 heteroatoms. The first-order chi connectivity index (χ1) is 9.56. The van der Waals surface area contributed by atoms with Crippen LogP contribution in [0.2, 0.25) is 0 Å². The zero-order valence-electron chi connectivity index (χ0n) is 11.3. The van der Waals surface area contributed by atoms with Crippen LogP contribution in [0, 0.1) is 5.82 Å². The van der Waals surface area contributed by atoms with E-state index in [1.807, 2.05) is 0 Å². The molecule has 20 heavy (non-hydrogen) atoms. The number of nitrogens with zero attached hydrogens (tertiary/aromatic N) is 1. The van der Waals surface area contributed by atoms with E-state index in [-0.39, 0.29) is 36.9 Å². The Bertz CT molecular complexity index is 507. The molecular weight excluding hydrogens is 263 g/mol. The van der Waals surface area contributed by atoms with Crippen LogP contribution < -0.4 is 5.32 Å². The van der Waals surface area contributed by atoms with Gasteiger partial charge in [0, 0.05) is 13.5 Å². The highest BCUT2D eigenvalue weighted by Gasteiger charge is 2.28. The third-order valence-electron chi connectivity index (χ3n) is 3.16. The summed E-state index contributed by atoms with van der Waals surface area (Å²) >= 11 is 0. The number of cyclic esters (lactones) is 1. The fourth-order valence-electron chi connectivity index (χ4n) is 2.02. The molecule has 2 amide bonds. The summed E-state index contributed by atoms with van der Waals surface area (Å²) in [6, 6.07) is 6.39. The van der Waals surface area contributed by atoms with Crippen LogP contribution in [0.25, 0.3) is 0 Å². The summed E-state index contributed by atoms with van der Waals surface area (Å²) in [5, 5.41) is 2.69. The van der Waals surface area contributed by atoms with Gasteiger partial charge < -0.3 is 15.0 Å². The number of carbonyl (C=O) groups is 2. The van der Waals surface area contributed by atoms with Gasteiger partial charge >= 0.3 is 6.09 Å². The monoisotopic (exact) mass is 280 g/mol. The van der Waals surface area contributed by atoms with Crippen molar-refractivity contribution in [3.05, 3.63) is 35.6 Å². The number of benzene rings is 1. The number of halogens is 1. The van der Waals surface area contributed by atoms with Crippen molar-refractivity contribution >= 4 is 12.0 Å². The van der Waals surface area contributed by atoms with E-state index in [1.165, 1.54) is 11.0 Å². The van der Waals surface area contributed by atoms with Gasteiger partial charge in [-0.05, 0) is 18.1 Å². The summed E-state index contributed by atoms with van der Waals surface area (Å²) in [7, 11) is 1.64. The smallest absolute Gasteiger partial charge is 0.410 e. The van der Waals surface area contributed by atoms with E-state index in [0.29, 0.717) is 18.5 Å². The Morgan fingerprint density at radius 2 is 2.25 bits per heavy atom. The molecule has 0 bridgehead atoms. The molecule has 1 aromatic carbocycles. The van der Waals surface area contributed by atoms with Crippen LogP contribution in [-0.4, -0.2) is 43.1 Å². The molecule has 0 aliphatic carbocycles. The molecular formula is C14H17FN2O3. The third kappa shape index (κ3) is 3.69. The highest BCUT2D eigenvalue weighted by Crippen LogP contribution is 2.09. The van der Waals surface area contributed by atoms with Gasteiger partial charge in [-0.3, -0.25) is 4.79 Å². The number of nitrogens with one attached hydrogen (secondary N) is 1. The second-order valence-corrected chi connectivity index (χ2v) is 4.78. The standard InChI is InChI=1S/C14H17FN2O3/c1-17-9-11(20-14(17)19)8-16-13(18)7-6-10-4-2-3-5-12(10)15/h2-5,11H,6-9H2,1H3,(H,16,18). The van der Waals surface area contributed by atoms with E-state index < -0.39 is 0 Å². The SMILES string of the molecule is CN1CC(CNC(=O)CCc2ccccc2F)OC1=O. The summed E-state index contributed by atoms with van der Waals surface area (Å²) in [4.78, 5) is 24.2. The average Bonchev–Trinajstić information content (AvgIpc) is 2.75. The van der Waals surface area contributed by atoms with Gasteiger partial charge in [0.1, 0.15) is 11.9 Å². The maximum atomic E-state index is 13.4. The van der Waals surface area contributed by atoms with E-state index in [0.717, 1.165) is 0 Å². The van der Waals surface area contributed by atoms with Crippen LogP contribution in [0.15, 0.2) is 24.3 Å². The van der Waals surface area contributed by atoms with Crippen molar-refractivity contribution in [2.24, 2.45) is 0 Å². The van der Waals surface area contributed by atoms with Crippen LogP contribution in [0.5, 0.6) is 0 Å². The van der Waals surface area contributed by atoms with Crippen LogP contribution in [-0.2, 0) is 16.0 Å². The van der Waals surface area contributed by atoms with Crippen molar-refractivity contribution in [2.45, 2.75) is 18.9 Å². The van der Waals surface area contributed by atoms with Crippen molar-refractivity contribution in [3.8, 4) is 0 Å². The zero-order valence-corrected chi connectivity index (χ0v) is 11.3. The quantitative estimate of drug-likeness (QED) is 0.885. The van der Waals surface area contributed by atoms with Crippen LogP contribution in [0.3, 0.4) is 0 Å². The summed E-state index contributed by atoms with van der Waals surface area (Å²) in [5.41, 5.74) is 0.523. The lowest BCUT2D eigenvalue weighted by molar-refractivity contribution is -0.121. The van der Waals surface area contributed by atoms with E-state index in [1.54, 1.807) is 25.2 Å². The Morgan fingerprint density at radius 1 is 1.50 bits per heavy atom. The predicted octanol–water partition coefficient (Wildman–Crippen LogP) is 1.33. The number of hydrogen-bond donors (Lipinski definition) is 1. The number of amides is 2. The second kappa shape index (κ2) is 6.36. The minimum Gasteiger partial charge on any atom is -0.442 e. The Kier molecular flexibility index (Phi) is 4.55. The summed E-state index contributed by atoms with van der Waals surface area (Å²) < 4.78 is 18.4. The molecule has 5 nitrogen and oxygen atoms in total. The van der Waals surface area contributed by atoms with E-state index >= 15 is 0 Å². The number of hydrogen-bond acceptors (Lipinski definition) is 3. The van der Waals surface area contributed by atoms with Gasteiger partial charge in [0.25, 0.3) is 0 Å². The van der Waals surface area contributed by atoms with Gasteiger partial charge in [-0.15, -0.1) is 0 Å². The molecule has 1 aromatic rings. The number of ether oxygens (including phenoxy) is 1. The first-order valence-corrected chi connectivity index (χ1v) is 6.48. The number of carbonyl (C=O) groups excluding carboxylic acids is 2. The molecule has 1 aliphatic rings. The van der Waals surface area contributed by atoms with E-state index in [2.05, 4.69) is 5.32 Å². The molecule has 1 aliphatic heterocycles. The van der Waals surface area contributed by atoms with Gasteiger partial charge in [0.2, 0.25) is 5.91 Å². The molecule has 1 atom stereocenters. The minimum atomic E-state index is -0.379. The lowest BCUT2D eigenvalue weighted by atomic mass is 10.1. The van der Waals surface area contributed by atoms with Crippen molar-refractivity contribution in [3.63, 3.8) is 0 Å². The lowest BCUT2D eigenvalue weighted by Crippen LogP contribution is -2.34.